The van der Waals surface area contributed by atoms with E-state index >= 15 is 0 Å². The molecule has 14 aromatic rings. The maximum atomic E-state index is 6.61. The van der Waals surface area contributed by atoms with E-state index in [2.05, 4.69) is 199 Å². The van der Waals surface area contributed by atoms with Crippen molar-refractivity contribution in [1.29, 1.82) is 0 Å². The highest BCUT2D eigenvalue weighted by atomic mass is 16.3. The lowest BCUT2D eigenvalue weighted by Crippen LogP contribution is -2.28. The molecular formula is C70H44N4O. The van der Waals surface area contributed by atoms with Crippen LogP contribution < -0.4 is 0 Å². The fourth-order valence-electron chi connectivity index (χ4n) is 12.0. The minimum atomic E-state index is -0.490. The van der Waals surface area contributed by atoms with E-state index in [4.69, 9.17) is 19.4 Å². The first-order valence-electron chi connectivity index (χ1n) is 25.5. The molecule has 75 heavy (non-hydrogen) atoms. The van der Waals surface area contributed by atoms with Crippen LogP contribution in [-0.2, 0) is 5.41 Å². The Hall–Kier alpha value is -9.97. The molecule has 3 aromatic heterocycles. The van der Waals surface area contributed by atoms with Crippen LogP contribution in [0.1, 0.15) is 22.3 Å². The maximum Gasteiger partial charge on any atom is 0.164 e. The minimum Gasteiger partial charge on any atom is -0.456 e. The molecular weight excluding hydrogens is 913 g/mol. The smallest absolute Gasteiger partial charge is 0.164 e. The van der Waals surface area contributed by atoms with Gasteiger partial charge in [0.2, 0.25) is 0 Å². The Kier molecular flexibility index (Phi) is 9.72. The van der Waals surface area contributed by atoms with Crippen LogP contribution in [0, 0.1) is 0 Å². The minimum absolute atomic E-state index is 0.490. The highest BCUT2D eigenvalue weighted by molar-refractivity contribution is 6.14. The zero-order chi connectivity index (χ0) is 49.5. The monoisotopic (exact) mass is 956 g/mol. The molecule has 3 heterocycles. The summed E-state index contributed by atoms with van der Waals surface area (Å²) in [6.45, 7) is 0. The SMILES string of the molecule is c1ccc(-c2nc(-c3ccccc3)nc(-c3cccc4oc5ccc(-c6ccc7c(c6)c6cc(-c8ccc9c(c8)C(c8ccccc8)(c8ccccc8)c8ccccc8-9)ccc6n7-c6ccccc6)cc5c34)n2)cc1. The highest BCUT2D eigenvalue weighted by Gasteiger charge is 2.46. The van der Waals surface area contributed by atoms with Crippen LogP contribution >= 0.6 is 0 Å². The second kappa shape index (κ2) is 17.1. The van der Waals surface area contributed by atoms with Gasteiger partial charge in [0.05, 0.1) is 16.4 Å². The van der Waals surface area contributed by atoms with Gasteiger partial charge in [-0.25, -0.2) is 15.0 Å². The topological polar surface area (TPSA) is 56.7 Å². The molecule has 0 aliphatic heterocycles. The van der Waals surface area contributed by atoms with Gasteiger partial charge in [0.1, 0.15) is 11.2 Å². The van der Waals surface area contributed by atoms with Crippen LogP contribution in [0.15, 0.2) is 271 Å². The summed E-state index contributed by atoms with van der Waals surface area (Å²) in [7, 11) is 0. The molecule has 0 atom stereocenters. The van der Waals surface area contributed by atoms with Crippen LogP contribution in [0.5, 0.6) is 0 Å². The lowest BCUT2D eigenvalue weighted by Gasteiger charge is -2.34. The van der Waals surface area contributed by atoms with Gasteiger partial charge < -0.3 is 8.98 Å². The average Bonchev–Trinajstić information content (AvgIpc) is 4.14. The van der Waals surface area contributed by atoms with Crippen molar-refractivity contribution in [2.45, 2.75) is 5.41 Å². The van der Waals surface area contributed by atoms with Crippen LogP contribution in [-0.4, -0.2) is 19.5 Å². The van der Waals surface area contributed by atoms with Gasteiger partial charge in [-0.2, -0.15) is 0 Å². The fraction of sp³-hybridized carbons (Fsp3) is 0.0143. The number of furan rings is 1. The van der Waals surface area contributed by atoms with Crippen LogP contribution in [0.2, 0.25) is 0 Å². The second-order valence-corrected chi connectivity index (χ2v) is 19.5. The predicted octanol–water partition coefficient (Wildman–Crippen LogP) is 17.6. The molecule has 0 bridgehead atoms. The number of fused-ring (bicyclic) bond motifs is 9. The molecule has 15 rings (SSSR count). The van der Waals surface area contributed by atoms with Crippen LogP contribution in [0.3, 0.4) is 0 Å². The molecule has 5 nitrogen and oxygen atoms in total. The number of hydrogen-bond donors (Lipinski definition) is 0. The summed E-state index contributed by atoms with van der Waals surface area (Å²) in [5, 5.41) is 4.32. The standard InChI is InChI=1S/C70H44N4O/c1-6-19-45(20-7-1)67-71-68(46-21-8-2-9-22-46)73-69(72-67)56-30-18-32-65-66(56)59-43-49(36-40-64(59)75-65)47-34-38-62-57(41-47)58-42-48(35-39-63(58)74(62)53-27-14-5-15-28-53)50-33-37-55-54-29-16-17-31-60(54)70(61(55)44-50,51-23-10-3-11-24-51)52-25-12-4-13-26-52/h1-44H. The van der Waals surface area contributed by atoms with E-state index in [1.54, 1.807) is 0 Å². The van der Waals surface area contributed by atoms with E-state index < -0.39 is 5.41 Å². The Balaban J connectivity index is 0.900. The van der Waals surface area contributed by atoms with Crippen molar-refractivity contribution in [3.63, 3.8) is 0 Å². The summed E-state index contributed by atoms with van der Waals surface area (Å²) < 4.78 is 9.00. The second-order valence-electron chi connectivity index (χ2n) is 19.5. The lowest BCUT2D eigenvalue weighted by atomic mass is 9.67. The summed E-state index contributed by atoms with van der Waals surface area (Å²) in [4.78, 5) is 15.2. The quantitative estimate of drug-likeness (QED) is 0.152. The third kappa shape index (κ3) is 6.75. The van der Waals surface area contributed by atoms with Crippen molar-refractivity contribution in [2.75, 3.05) is 0 Å². The first-order chi connectivity index (χ1) is 37.2. The van der Waals surface area contributed by atoms with E-state index in [-0.39, 0.29) is 0 Å². The van der Waals surface area contributed by atoms with Crippen molar-refractivity contribution in [2.24, 2.45) is 0 Å². The molecule has 0 saturated heterocycles. The molecule has 350 valence electrons. The fourth-order valence-corrected chi connectivity index (χ4v) is 12.0. The van der Waals surface area contributed by atoms with Crippen molar-refractivity contribution in [3.8, 4) is 73.2 Å². The Morgan fingerprint density at radius 1 is 0.307 bits per heavy atom. The van der Waals surface area contributed by atoms with Gasteiger partial charge >= 0.3 is 0 Å². The summed E-state index contributed by atoms with van der Waals surface area (Å²) in [6, 6.07) is 95.6. The Labute approximate surface area is 433 Å². The predicted molar refractivity (Wildman–Crippen MR) is 306 cm³/mol. The molecule has 0 N–H and O–H groups in total. The van der Waals surface area contributed by atoms with Crippen molar-refractivity contribution < 1.29 is 4.42 Å². The number of para-hydroxylation sites is 1. The third-order valence-electron chi connectivity index (χ3n) is 15.3. The zero-order valence-electron chi connectivity index (χ0n) is 40.6. The molecule has 0 radical (unpaired) electrons. The number of benzene rings is 11. The molecule has 5 heteroatoms. The van der Waals surface area contributed by atoms with E-state index in [9.17, 15) is 0 Å². The number of rotatable bonds is 8. The Morgan fingerprint density at radius 3 is 1.39 bits per heavy atom. The Bertz CT molecular complexity index is 4410. The normalized spacial score (nSPS) is 12.6. The third-order valence-corrected chi connectivity index (χ3v) is 15.3. The molecule has 0 fully saturated rings. The van der Waals surface area contributed by atoms with E-state index in [1.807, 2.05) is 72.8 Å². The van der Waals surface area contributed by atoms with Gasteiger partial charge in [-0.1, -0.05) is 206 Å². The van der Waals surface area contributed by atoms with Gasteiger partial charge in [0.15, 0.2) is 17.5 Å². The zero-order valence-corrected chi connectivity index (χ0v) is 40.6. The van der Waals surface area contributed by atoms with Crippen LogP contribution in [0.4, 0.5) is 0 Å². The summed E-state index contributed by atoms with van der Waals surface area (Å²) in [6.07, 6.45) is 0. The maximum absolute atomic E-state index is 6.61. The van der Waals surface area contributed by atoms with Crippen molar-refractivity contribution in [1.82, 2.24) is 19.5 Å². The number of nitrogens with zero attached hydrogens (tertiary/aromatic N) is 4. The van der Waals surface area contributed by atoms with E-state index in [0.717, 1.165) is 72.0 Å². The van der Waals surface area contributed by atoms with Crippen molar-refractivity contribution >= 4 is 43.7 Å². The molecule has 0 amide bonds. The molecule has 1 aliphatic carbocycles. The van der Waals surface area contributed by atoms with Crippen molar-refractivity contribution in [3.05, 3.63) is 289 Å². The molecule has 1 aliphatic rings. The highest BCUT2D eigenvalue weighted by Crippen LogP contribution is 2.57. The first-order valence-corrected chi connectivity index (χ1v) is 25.5. The summed E-state index contributed by atoms with van der Waals surface area (Å²) in [5.74, 6) is 1.82. The first kappa shape index (κ1) is 42.7. The molecule has 0 spiro atoms. The summed E-state index contributed by atoms with van der Waals surface area (Å²) in [5.41, 5.74) is 19.4. The van der Waals surface area contributed by atoms with Gasteiger partial charge in [-0.15, -0.1) is 0 Å². The van der Waals surface area contributed by atoms with Gasteiger partial charge in [0, 0.05) is 43.9 Å². The molecule has 0 saturated carbocycles. The Morgan fingerprint density at radius 2 is 0.773 bits per heavy atom. The largest absolute Gasteiger partial charge is 0.456 e. The van der Waals surface area contributed by atoms with Gasteiger partial charge in [0.25, 0.3) is 0 Å². The lowest BCUT2D eigenvalue weighted by molar-refractivity contribution is 0.669. The van der Waals surface area contributed by atoms with E-state index in [1.165, 1.54) is 49.7 Å². The van der Waals surface area contributed by atoms with Crippen LogP contribution in [0.25, 0.3) is 117 Å². The molecule has 11 aromatic carbocycles. The van der Waals surface area contributed by atoms with E-state index in [0.29, 0.717) is 17.5 Å². The number of hydrogen-bond acceptors (Lipinski definition) is 4. The van der Waals surface area contributed by atoms with Gasteiger partial charge in [-0.05, 0) is 116 Å². The summed E-state index contributed by atoms with van der Waals surface area (Å²) >= 11 is 0. The number of aromatic nitrogens is 4. The van der Waals surface area contributed by atoms with Gasteiger partial charge in [-0.3, -0.25) is 0 Å². The average molecular weight is 957 g/mol. The molecule has 0 unspecified atom stereocenters.